The Morgan fingerprint density at radius 1 is 1.00 bits per heavy atom. The molecule has 24 heavy (non-hydrogen) atoms. The second kappa shape index (κ2) is 6.64. The lowest BCUT2D eigenvalue weighted by Crippen LogP contribution is -2.02. The molecule has 3 rings (SSSR count). The van der Waals surface area contributed by atoms with Crippen LogP contribution in [-0.2, 0) is 0 Å². The fourth-order valence-electron chi connectivity index (χ4n) is 2.06. The number of phenols is 1. The minimum Gasteiger partial charge on any atom is -0.508 e. The van der Waals surface area contributed by atoms with E-state index in [0.717, 1.165) is 5.69 Å². The lowest BCUT2D eigenvalue weighted by Gasteiger charge is -2.11. The molecule has 1 heterocycles. The van der Waals surface area contributed by atoms with Crippen molar-refractivity contribution in [3.05, 3.63) is 59.2 Å². The average Bonchev–Trinajstić information content (AvgIpc) is 2.56. The van der Waals surface area contributed by atoms with Gasteiger partial charge in [0, 0.05) is 5.69 Å². The summed E-state index contributed by atoms with van der Waals surface area (Å²) in [5, 5.41) is 12.8. The predicted molar refractivity (Wildman–Crippen MR) is 94.1 cm³/mol. The summed E-state index contributed by atoms with van der Waals surface area (Å²) < 4.78 is 5.69. The average molecular weight is 343 g/mol. The molecule has 0 spiro atoms. The minimum atomic E-state index is 0.159. The molecule has 0 amide bonds. The number of aromatic nitrogens is 2. The van der Waals surface area contributed by atoms with E-state index in [9.17, 15) is 5.11 Å². The number of nitrogens with one attached hydrogen (secondary N) is 1. The van der Waals surface area contributed by atoms with Crippen LogP contribution < -0.4 is 15.8 Å². The lowest BCUT2D eigenvalue weighted by atomic mass is 10.3. The van der Waals surface area contributed by atoms with Gasteiger partial charge in [0.1, 0.15) is 22.3 Å². The maximum Gasteiger partial charge on any atom is 0.222 e. The van der Waals surface area contributed by atoms with Gasteiger partial charge in [0.25, 0.3) is 0 Å². The third-order valence-electron chi connectivity index (χ3n) is 3.22. The van der Waals surface area contributed by atoms with Crippen molar-refractivity contribution in [2.75, 3.05) is 11.1 Å². The topological polar surface area (TPSA) is 93.3 Å². The number of hydrogen-bond acceptors (Lipinski definition) is 6. The number of rotatable bonds is 4. The summed E-state index contributed by atoms with van der Waals surface area (Å²) in [5.41, 5.74) is 7.04. The molecule has 0 saturated carbocycles. The van der Waals surface area contributed by atoms with Crippen LogP contribution in [0.15, 0.2) is 48.5 Å². The lowest BCUT2D eigenvalue weighted by molar-refractivity contribution is 0.464. The van der Waals surface area contributed by atoms with E-state index in [-0.39, 0.29) is 11.7 Å². The predicted octanol–water partition coefficient (Wildman–Crippen LogP) is 4.26. The second-order valence-corrected chi connectivity index (χ2v) is 5.45. The number of hydrogen-bond donors (Lipinski definition) is 3. The first-order valence-corrected chi connectivity index (χ1v) is 7.52. The van der Waals surface area contributed by atoms with E-state index >= 15 is 0 Å². The minimum absolute atomic E-state index is 0.159. The Hall–Kier alpha value is -2.99. The zero-order chi connectivity index (χ0) is 17.1. The summed E-state index contributed by atoms with van der Waals surface area (Å²) in [4.78, 5) is 8.10. The van der Waals surface area contributed by atoms with Gasteiger partial charge in [0.15, 0.2) is 5.82 Å². The fraction of sp³-hybridized carbons (Fsp3) is 0.0588. The summed E-state index contributed by atoms with van der Waals surface area (Å²) in [6.07, 6.45) is 0. The quantitative estimate of drug-likeness (QED) is 0.656. The number of anilines is 3. The number of benzene rings is 2. The van der Waals surface area contributed by atoms with Crippen LogP contribution >= 0.6 is 11.6 Å². The number of nitrogens with two attached hydrogens (primary N) is 1. The number of halogens is 1. The van der Waals surface area contributed by atoms with E-state index in [1.165, 1.54) is 0 Å². The SMILES string of the molecule is Cc1nc(N)nc(Nc2ccc(Oc3ccc(O)cc3)cc2)c1Cl. The highest BCUT2D eigenvalue weighted by Crippen LogP contribution is 2.28. The number of aromatic hydroxyl groups is 1. The van der Waals surface area contributed by atoms with E-state index in [1.807, 2.05) is 12.1 Å². The van der Waals surface area contributed by atoms with E-state index in [4.69, 9.17) is 22.1 Å². The molecule has 2 aromatic carbocycles. The number of ether oxygens (including phenoxy) is 1. The van der Waals surface area contributed by atoms with Gasteiger partial charge in [-0.05, 0) is 55.5 Å². The molecule has 0 aliphatic rings. The highest BCUT2D eigenvalue weighted by Gasteiger charge is 2.08. The molecule has 6 nitrogen and oxygen atoms in total. The van der Waals surface area contributed by atoms with Crippen LogP contribution in [0.25, 0.3) is 0 Å². The van der Waals surface area contributed by atoms with Crippen LogP contribution in [0.5, 0.6) is 17.2 Å². The standard InChI is InChI=1S/C17H15ClN4O2/c1-10-15(18)16(22-17(19)20-10)21-11-2-6-13(7-3-11)24-14-8-4-12(23)5-9-14/h2-9,23H,1H3,(H3,19,20,21,22). The molecule has 0 radical (unpaired) electrons. The summed E-state index contributed by atoms with van der Waals surface area (Å²) in [7, 11) is 0. The Morgan fingerprint density at radius 2 is 1.58 bits per heavy atom. The highest BCUT2D eigenvalue weighted by atomic mass is 35.5. The number of aryl methyl sites for hydroxylation is 1. The Balaban J connectivity index is 1.74. The summed E-state index contributed by atoms with van der Waals surface area (Å²) in [6, 6.07) is 13.8. The molecule has 0 bridgehead atoms. The smallest absolute Gasteiger partial charge is 0.222 e. The van der Waals surface area contributed by atoms with Crippen molar-refractivity contribution in [1.29, 1.82) is 0 Å². The van der Waals surface area contributed by atoms with Crippen LogP contribution in [0.4, 0.5) is 17.5 Å². The van der Waals surface area contributed by atoms with Gasteiger partial charge in [-0.2, -0.15) is 4.98 Å². The molecular weight excluding hydrogens is 328 g/mol. The molecule has 0 atom stereocenters. The Labute approximate surface area is 143 Å². The first kappa shape index (κ1) is 15.9. The van der Waals surface area contributed by atoms with E-state index < -0.39 is 0 Å². The van der Waals surface area contributed by atoms with Gasteiger partial charge in [-0.15, -0.1) is 0 Å². The zero-order valence-electron chi connectivity index (χ0n) is 12.8. The van der Waals surface area contributed by atoms with Gasteiger partial charge < -0.3 is 20.9 Å². The number of nitrogens with zero attached hydrogens (tertiary/aromatic N) is 2. The monoisotopic (exact) mass is 342 g/mol. The third-order valence-corrected chi connectivity index (χ3v) is 3.68. The van der Waals surface area contributed by atoms with Crippen LogP contribution in [0.3, 0.4) is 0 Å². The van der Waals surface area contributed by atoms with Crippen LogP contribution in [0.2, 0.25) is 5.02 Å². The molecule has 0 unspecified atom stereocenters. The molecule has 0 saturated heterocycles. The van der Waals surface area contributed by atoms with E-state index in [1.54, 1.807) is 43.3 Å². The zero-order valence-corrected chi connectivity index (χ0v) is 13.6. The van der Waals surface area contributed by atoms with Crippen molar-refractivity contribution in [2.24, 2.45) is 0 Å². The van der Waals surface area contributed by atoms with Crippen molar-refractivity contribution in [2.45, 2.75) is 6.92 Å². The summed E-state index contributed by atoms with van der Waals surface area (Å²) in [6.45, 7) is 1.76. The second-order valence-electron chi connectivity index (χ2n) is 5.08. The number of nitrogen functional groups attached to an aromatic ring is 1. The number of phenolic OH excluding ortho intramolecular Hbond substituents is 1. The van der Waals surface area contributed by atoms with E-state index in [0.29, 0.717) is 28.0 Å². The van der Waals surface area contributed by atoms with Crippen molar-refractivity contribution in [1.82, 2.24) is 9.97 Å². The van der Waals surface area contributed by atoms with Crippen LogP contribution in [0, 0.1) is 6.92 Å². The van der Waals surface area contributed by atoms with Crippen LogP contribution in [-0.4, -0.2) is 15.1 Å². The summed E-state index contributed by atoms with van der Waals surface area (Å²) >= 11 is 6.18. The van der Waals surface area contributed by atoms with Crippen molar-refractivity contribution >= 4 is 29.1 Å². The Morgan fingerprint density at radius 3 is 2.21 bits per heavy atom. The van der Waals surface area contributed by atoms with Gasteiger partial charge in [-0.3, -0.25) is 0 Å². The third kappa shape index (κ3) is 3.67. The largest absolute Gasteiger partial charge is 0.508 e. The normalized spacial score (nSPS) is 10.4. The maximum absolute atomic E-state index is 9.27. The molecule has 0 fully saturated rings. The highest BCUT2D eigenvalue weighted by molar-refractivity contribution is 6.33. The van der Waals surface area contributed by atoms with Gasteiger partial charge >= 0.3 is 0 Å². The van der Waals surface area contributed by atoms with Crippen LogP contribution in [0.1, 0.15) is 5.69 Å². The molecule has 4 N–H and O–H groups in total. The molecule has 1 aromatic heterocycles. The van der Waals surface area contributed by atoms with Crippen molar-refractivity contribution < 1.29 is 9.84 Å². The molecule has 0 aliphatic heterocycles. The van der Waals surface area contributed by atoms with Crippen molar-refractivity contribution in [3.8, 4) is 17.2 Å². The van der Waals surface area contributed by atoms with Gasteiger partial charge in [0.05, 0.1) is 5.69 Å². The first-order valence-electron chi connectivity index (χ1n) is 7.15. The molecule has 7 heteroatoms. The molecular formula is C17H15ClN4O2. The maximum atomic E-state index is 9.27. The van der Waals surface area contributed by atoms with Gasteiger partial charge in [-0.1, -0.05) is 11.6 Å². The van der Waals surface area contributed by atoms with E-state index in [2.05, 4.69) is 15.3 Å². The first-order chi connectivity index (χ1) is 11.5. The van der Waals surface area contributed by atoms with Gasteiger partial charge in [0.2, 0.25) is 5.95 Å². The van der Waals surface area contributed by atoms with Gasteiger partial charge in [-0.25, -0.2) is 4.98 Å². The Kier molecular flexibility index (Phi) is 4.39. The Bertz CT molecular complexity index is 852. The van der Waals surface area contributed by atoms with Crippen molar-refractivity contribution in [3.63, 3.8) is 0 Å². The molecule has 122 valence electrons. The molecule has 3 aromatic rings. The summed E-state index contributed by atoms with van der Waals surface area (Å²) in [5.74, 6) is 2.10. The fourth-order valence-corrected chi connectivity index (χ4v) is 2.19. The molecule has 0 aliphatic carbocycles.